The summed E-state index contributed by atoms with van der Waals surface area (Å²) < 4.78 is 5.91. The fourth-order valence-corrected chi connectivity index (χ4v) is 2.43. The monoisotopic (exact) mass is 304 g/mol. The molecule has 3 heteroatoms. The van der Waals surface area contributed by atoms with E-state index in [4.69, 9.17) is 21.4 Å². The third-order valence-corrected chi connectivity index (χ3v) is 3.60. The first kappa shape index (κ1) is 15.9. The van der Waals surface area contributed by atoms with Crippen LogP contribution in [-0.2, 0) is 12.8 Å². The van der Waals surface area contributed by atoms with E-state index in [1.165, 1.54) is 5.56 Å². The van der Waals surface area contributed by atoms with Crippen molar-refractivity contribution in [2.45, 2.75) is 25.7 Å². The molecule has 0 aliphatic rings. The van der Waals surface area contributed by atoms with Gasteiger partial charge in [0.1, 0.15) is 5.75 Å². The maximum absolute atomic E-state index is 8.88. The highest BCUT2D eigenvalue weighted by molar-refractivity contribution is 6.30. The number of aryl methyl sites for hydroxylation is 1. The van der Waals surface area contributed by atoms with Gasteiger partial charge in [0, 0.05) is 18.1 Å². The summed E-state index contributed by atoms with van der Waals surface area (Å²) in [5.41, 5.74) is 2.39. The highest BCUT2D eigenvalue weighted by atomic mass is 35.5. The van der Waals surface area contributed by atoms with Crippen molar-refractivity contribution in [2.75, 3.05) is 13.2 Å². The molecule has 0 bridgehead atoms. The molecule has 112 valence electrons. The summed E-state index contributed by atoms with van der Waals surface area (Å²) in [6, 6.07) is 16.0. The third-order valence-electron chi connectivity index (χ3n) is 3.37. The molecule has 0 unspecified atom stereocenters. The average Bonchev–Trinajstić information content (AvgIpc) is 2.51. The lowest BCUT2D eigenvalue weighted by atomic mass is 10.1. The summed E-state index contributed by atoms with van der Waals surface area (Å²) in [5, 5.41) is 9.60. The first-order valence-corrected chi connectivity index (χ1v) is 7.73. The van der Waals surface area contributed by atoms with E-state index in [2.05, 4.69) is 12.1 Å². The zero-order valence-corrected chi connectivity index (χ0v) is 12.9. The summed E-state index contributed by atoms with van der Waals surface area (Å²) in [6.07, 6.45) is 3.50. The Morgan fingerprint density at radius 3 is 2.52 bits per heavy atom. The molecule has 0 atom stereocenters. The van der Waals surface area contributed by atoms with E-state index >= 15 is 0 Å². The van der Waals surface area contributed by atoms with Crippen molar-refractivity contribution in [1.82, 2.24) is 0 Å². The second kappa shape index (κ2) is 8.71. The third kappa shape index (κ3) is 5.41. The minimum Gasteiger partial charge on any atom is -0.493 e. The molecule has 1 N–H and O–H groups in total. The number of hydrogen-bond acceptors (Lipinski definition) is 2. The summed E-state index contributed by atoms with van der Waals surface area (Å²) in [6.45, 7) is 0.878. The van der Waals surface area contributed by atoms with E-state index in [1.807, 2.05) is 36.4 Å². The molecule has 0 amide bonds. The van der Waals surface area contributed by atoms with E-state index in [1.54, 1.807) is 0 Å². The van der Waals surface area contributed by atoms with Gasteiger partial charge in [-0.15, -0.1) is 0 Å². The number of aliphatic hydroxyl groups is 1. The van der Waals surface area contributed by atoms with Gasteiger partial charge in [-0.1, -0.05) is 41.9 Å². The fraction of sp³-hybridized carbons (Fsp3) is 0.333. The van der Waals surface area contributed by atoms with Gasteiger partial charge in [-0.25, -0.2) is 0 Å². The molecule has 0 saturated carbocycles. The molecule has 2 aromatic carbocycles. The summed E-state index contributed by atoms with van der Waals surface area (Å²) in [4.78, 5) is 0. The van der Waals surface area contributed by atoms with Crippen LogP contribution in [0, 0.1) is 0 Å². The van der Waals surface area contributed by atoms with Crippen molar-refractivity contribution < 1.29 is 9.84 Å². The van der Waals surface area contributed by atoms with Crippen molar-refractivity contribution in [1.29, 1.82) is 0 Å². The van der Waals surface area contributed by atoms with Gasteiger partial charge >= 0.3 is 0 Å². The smallest absolute Gasteiger partial charge is 0.122 e. The van der Waals surface area contributed by atoms with Crippen LogP contribution in [0.4, 0.5) is 0 Å². The van der Waals surface area contributed by atoms with E-state index in [0.29, 0.717) is 6.61 Å². The zero-order chi connectivity index (χ0) is 14.9. The molecule has 0 aliphatic carbocycles. The molecular formula is C18H21ClO2. The number of halogens is 1. The van der Waals surface area contributed by atoms with Gasteiger partial charge in [-0.05, 0) is 48.6 Å². The summed E-state index contributed by atoms with van der Waals surface area (Å²) >= 11 is 6.05. The van der Waals surface area contributed by atoms with Crippen LogP contribution < -0.4 is 4.74 Å². The lowest BCUT2D eigenvalue weighted by Crippen LogP contribution is -2.03. The Kier molecular flexibility index (Phi) is 6.58. The highest BCUT2D eigenvalue weighted by Crippen LogP contribution is 2.24. The Morgan fingerprint density at radius 1 is 0.952 bits per heavy atom. The van der Waals surface area contributed by atoms with Crippen LogP contribution in [0.15, 0.2) is 48.5 Å². The molecule has 0 spiro atoms. The largest absolute Gasteiger partial charge is 0.493 e. The first-order chi connectivity index (χ1) is 10.3. The van der Waals surface area contributed by atoms with Crippen LogP contribution >= 0.6 is 11.6 Å². The van der Waals surface area contributed by atoms with Gasteiger partial charge in [0.2, 0.25) is 0 Å². The van der Waals surface area contributed by atoms with Crippen molar-refractivity contribution in [2.24, 2.45) is 0 Å². The number of ether oxygens (including phenoxy) is 1. The minimum absolute atomic E-state index is 0.227. The van der Waals surface area contributed by atoms with Gasteiger partial charge in [0.05, 0.1) is 6.61 Å². The lowest BCUT2D eigenvalue weighted by Gasteiger charge is -2.12. The molecule has 2 nitrogen and oxygen atoms in total. The predicted octanol–water partition coefficient (Wildman–Crippen LogP) is 4.28. The second-order valence-electron chi connectivity index (χ2n) is 5.02. The van der Waals surface area contributed by atoms with E-state index < -0.39 is 0 Å². The summed E-state index contributed by atoms with van der Waals surface area (Å²) in [7, 11) is 0. The molecule has 0 heterocycles. The van der Waals surface area contributed by atoms with Crippen LogP contribution in [0.25, 0.3) is 0 Å². The van der Waals surface area contributed by atoms with Crippen molar-refractivity contribution in [3.63, 3.8) is 0 Å². The van der Waals surface area contributed by atoms with Gasteiger partial charge in [-0.3, -0.25) is 0 Å². The highest BCUT2D eigenvalue weighted by Gasteiger charge is 2.05. The normalized spacial score (nSPS) is 10.6. The second-order valence-corrected chi connectivity index (χ2v) is 5.45. The van der Waals surface area contributed by atoms with E-state index in [-0.39, 0.29) is 6.61 Å². The van der Waals surface area contributed by atoms with Gasteiger partial charge in [0.25, 0.3) is 0 Å². The van der Waals surface area contributed by atoms with Crippen molar-refractivity contribution in [3.8, 4) is 5.75 Å². The molecular weight excluding hydrogens is 284 g/mol. The quantitative estimate of drug-likeness (QED) is 0.738. The van der Waals surface area contributed by atoms with E-state index in [0.717, 1.165) is 42.0 Å². The van der Waals surface area contributed by atoms with Crippen LogP contribution in [0.3, 0.4) is 0 Å². The maximum atomic E-state index is 8.88. The topological polar surface area (TPSA) is 29.5 Å². The van der Waals surface area contributed by atoms with E-state index in [9.17, 15) is 0 Å². The van der Waals surface area contributed by atoms with Crippen LogP contribution in [0.5, 0.6) is 5.75 Å². The Morgan fingerprint density at radius 2 is 1.76 bits per heavy atom. The van der Waals surface area contributed by atoms with Crippen LogP contribution in [-0.4, -0.2) is 18.3 Å². The van der Waals surface area contributed by atoms with Crippen LogP contribution in [0.1, 0.15) is 24.0 Å². The fourth-order valence-electron chi connectivity index (χ4n) is 2.23. The molecule has 2 aromatic rings. The first-order valence-electron chi connectivity index (χ1n) is 7.35. The number of benzene rings is 2. The van der Waals surface area contributed by atoms with Gasteiger partial charge in [-0.2, -0.15) is 0 Å². The number of aliphatic hydroxyl groups excluding tert-OH is 1. The minimum atomic E-state index is 0.227. The Bertz CT molecular complexity index is 540. The SMILES string of the molecule is OCCCCc1cc(Cl)ccc1OCCc1ccccc1. The molecule has 0 radical (unpaired) electrons. The molecule has 0 saturated heterocycles. The zero-order valence-electron chi connectivity index (χ0n) is 12.1. The predicted molar refractivity (Wildman–Crippen MR) is 87.1 cm³/mol. The average molecular weight is 305 g/mol. The number of hydrogen-bond donors (Lipinski definition) is 1. The summed E-state index contributed by atoms with van der Waals surface area (Å²) in [5.74, 6) is 0.897. The Labute approximate surface area is 131 Å². The molecule has 0 fully saturated rings. The standard InChI is InChI=1S/C18H21ClO2/c19-17-9-10-18(16(14-17)8-4-5-12-20)21-13-11-15-6-2-1-3-7-15/h1-3,6-7,9-10,14,20H,4-5,8,11-13H2. The van der Waals surface area contributed by atoms with Crippen molar-refractivity contribution >= 4 is 11.6 Å². The van der Waals surface area contributed by atoms with Gasteiger partial charge in [0.15, 0.2) is 0 Å². The Hall–Kier alpha value is -1.51. The van der Waals surface area contributed by atoms with Crippen molar-refractivity contribution in [3.05, 3.63) is 64.7 Å². The Balaban J connectivity index is 1.92. The number of rotatable bonds is 8. The molecule has 21 heavy (non-hydrogen) atoms. The van der Waals surface area contributed by atoms with Gasteiger partial charge < -0.3 is 9.84 Å². The molecule has 0 aliphatic heterocycles. The maximum Gasteiger partial charge on any atom is 0.122 e. The molecule has 2 rings (SSSR count). The lowest BCUT2D eigenvalue weighted by molar-refractivity contribution is 0.283. The molecule has 0 aromatic heterocycles. The van der Waals surface area contributed by atoms with Crippen LogP contribution in [0.2, 0.25) is 5.02 Å². The number of unbranched alkanes of at least 4 members (excludes halogenated alkanes) is 1.